The minimum atomic E-state index is -0.370. The van der Waals surface area contributed by atoms with Gasteiger partial charge in [-0.1, -0.05) is 16.8 Å². The molecular formula is C17H16ClN7O2. The van der Waals surface area contributed by atoms with E-state index in [1.165, 1.54) is 0 Å². The van der Waals surface area contributed by atoms with Crippen molar-refractivity contribution in [1.82, 2.24) is 24.5 Å². The Morgan fingerprint density at radius 3 is 3.00 bits per heavy atom. The van der Waals surface area contributed by atoms with Gasteiger partial charge in [0.2, 0.25) is 5.90 Å². The first-order chi connectivity index (χ1) is 13.2. The van der Waals surface area contributed by atoms with Crippen molar-refractivity contribution in [1.29, 1.82) is 0 Å². The Morgan fingerprint density at radius 1 is 1.33 bits per heavy atom. The smallest absolute Gasteiger partial charge is 0.239 e. The van der Waals surface area contributed by atoms with Crippen LogP contribution in [0, 0.1) is 0 Å². The van der Waals surface area contributed by atoms with Crippen LogP contribution in [0.4, 0.5) is 0 Å². The van der Waals surface area contributed by atoms with Crippen molar-refractivity contribution in [3.05, 3.63) is 52.3 Å². The zero-order valence-electron chi connectivity index (χ0n) is 14.5. The van der Waals surface area contributed by atoms with Gasteiger partial charge < -0.3 is 15.2 Å². The van der Waals surface area contributed by atoms with Gasteiger partial charge in [0.1, 0.15) is 30.5 Å². The lowest BCUT2D eigenvalue weighted by atomic mass is 10.1. The quantitative estimate of drug-likeness (QED) is 0.568. The number of aromatic nitrogens is 5. The first-order valence-corrected chi connectivity index (χ1v) is 8.79. The highest BCUT2D eigenvalue weighted by molar-refractivity contribution is 6.30. The fourth-order valence-corrected chi connectivity index (χ4v) is 3.59. The number of hydrogen-bond donors (Lipinski definition) is 1. The molecule has 3 aromatic rings. The number of rotatable bonds is 3. The van der Waals surface area contributed by atoms with Gasteiger partial charge in [0.25, 0.3) is 0 Å². The molecule has 1 aromatic carbocycles. The van der Waals surface area contributed by atoms with Crippen molar-refractivity contribution < 1.29 is 9.47 Å². The second kappa shape index (κ2) is 6.15. The van der Waals surface area contributed by atoms with Crippen molar-refractivity contribution in [2.45, 2.75) is 19.2 Å². The van der Waals surface area contributed by atoms with Gasteiger partial charge in [0, 0.05) is 18.6 Å². The molecule has 138 valence electrons. The van der Waals surface area contributed by atoms with Crippen molar-refractivity contribution in [3.8, 4) is 11.4 Å². The Bertz CT molecular complexity index is 1070. The maximum atomic E-state index is 6.25. The fourth-order valence-electron chi connectivity index (χ4n) is 3.43. The number of nitrogens with two attached hydrogens (primary N) is 1. The molecule has 4 heterocycles. The number of fused-ring (bicyclic) bond motifs is 5. The van der Waals surface area contributed by atoms with E-state index in [0.717, 1.165) is 28.5 Å². The number of halogens is 1. The van der Waals surface area contributed by atoms with E-state index in [-0.39, 0.29) is 6.17 Å². The summed E-state index contributed by atoms with van der Waals surface area (Å²) in [5.41, 5.74) is 10.8. The molecule has 0 fully saturated rings. The predicted molar refractivity (Wildman–Crippen MR) is 97.5 cm³/mol. The van der Waals surface area contributed by atoms with Crippen LogP contribution >= 0.6 is 11.6 Å². The van der Waals surface area contributed by atoms with E-state index in [1.807, 2.05) is 22.8 Å². The summed E-state index contributed by atoms with van der Waals surface area (Å²) in [5, 5.41) is 9.23. The Morgan fingerprint density at radius 2 is 2.22 bits per heavy atom. The lowest BCUT2D eigenvalue weighted by Crippen LogP contribution is -2.17. The summed E-state index contributed by atoms with van der Waals surface area (Å²) >= 11 is 6.25. The zero-order valence-corrected chi connectivity index (χ0v) is 15.2. The van der Waals surface area contributed by atoms with E-state index in [9.17, 15) is 0 Å². The number of benzene rings is 1. The van der Waals surface area contributed by atoms with Crippen LogP contribution in [0.3, 0.4) is 0 Å². The third-order valence-electron chi connectivity index (χ3n) is 4.63. The molecule has 2 aliphatic rings. The number of nitrogens with zero attached hydrogens (tertiary/aromatic N) is 6. The van der Waals surface area contributed by atoms with Gasteiger partial charge in [0.15, 0.2) is 0 Å². The standard InChI is InChI=1S/C17H16ClN7O2/c1-26-6-10-12-5-14-16(17-21-15(19)7-27-17)20-8-24(14)11-3-2-9(18)4-13(11)25(12)23-22-10/h2-4,8,15H,5-7,19H2,1H3/t15-/m1/s1. The molecule has 2 aromatic heterocycles. The van der Waals surface area contributed by atoms with E-state index < -0.39 is 0 Å². The number of imidazole rings is 1. The van der Waals surface area contributed by atoms with Crippen LogP contribution in [0.25, 0.3) is 11.4 Å². The molecule has 2 aliphatic heterocycles. The Hall–Kier alpha value is -2.75. The second-order valence-corrected chi connectivity index (χ2v) is 6.80. The first kappa shape index (κ1) is 16.4. The SMILES string of the molecule is COCc1nnn2c1Cc1c(C3=N[C@@H](N)CO3)ncn1-c1ccc(Cl)cc1-2. The second-order valence-electron chi connectivity index (χ2n) is 6.36. The van der Waals surface area contributed by atoms with Crippen molar-refractivity contribution in [2.75, 3.05) is 13.7 Å². The van der Waals surface area contributed by atoms with Gasteiger partial charge in [-0.05, 0) is 18.2 Å². The van der Waals surface area contributed by atoms with Crippen LogP contribution in [0.2, 0.25) is 5.02 Å². The topological polar surface area (TPSA) is 105 Å². The molecule has 0 aliphatic carbocycles. The summed E-state index contributed by atoms with van der Waals surface area (Å²) in [5.74, 6) is 0.459. The van der Waals surface area contributed by atoms with Crippen LogP contribution < -0.4 is 5.73 Å². The number of ether oxygens (including phenoxy) is 2. The highest BCUT2D eigenvalue weighted by atomic mass is 35.5. The van der Waals surface area contributed by atoms with Crippen LogP contribution in [0.1, 0.15) is 22.8 Å². The van der Waals surface area contributed by atoms with E-state index >= 15 is 0 Å². The Kier molecular flexibility index (Phi) is 3.74. The highest BCUT2D eigenvalue weighted by Crippen LogP contribution is 2.32. The molecule has 0 spiro atoms. The molecule has 0 saturated carbocycles. The van der Waals surface area contributed by atoms with E-state index in [0.29, 0.717) is 36.2 Å². The van der Waals surface area contributed by atoms with Gasteiger partial charge in [-0.15, -0.1) is 5.10 Å². The zero-order chi connectivity index (χ0) is 18.5. The summed E-state index contributed by atoms with van der Waals surface area (Å²) in [7, 11) is 1.63. The maximum Gasteiger partial charge on any atom is 0.239 e. The normalized spacial score (nSPS) is 17.6. The van der Waals surface area contributed by atoms with E-state index in [1.54, 1.807) is 18.1 Å². The maximum absolute atomic E-state index is 6.25. The molecule has 0 saturated heterocycles. The fraction of sp³-hybridized carbons (Fsp3) is 0.294. The average molecular weight is 386 g/mol. The predicted octanol–water partition coefficient (Wildman–Crippen LogP) is 1.22. The van der Waals surface area contributed by atoms with Crippen LogP contribution in [0.15, 0.2) is 29.5 Å². The van der Waals surface area contributed by atoms with Crippen LogP contribution in [0.5, 0.6) is 0 Å². The Balaban J connectivity index is 1.76. The number of methoxy groups -OCH3 is 1. The van der Waals surface area contributed by atoms with Gasteiger partial charge in [-0.3, -0.25) is 4.57 Å². The minimum Gasteiger partial charge on any atom is -0.473 e. The molecule has 0 bridgehead atoms. The molecule has 10 heteroatoms. The summed E-state index contributed by atoms with van der Waals surface area (Å²) < 4.78 is 14.7. The van der Waals surface area contributed by atoms with Crippen molar-refractivity contribution >= 4 is 17.5 Å². The lowest BCUT2D eigenvalue weighted by molar-refractivity contribution is 0.180. The number of aliphatic imine (C=N–C) groups is 1. The molecule has 5 rings (SSSR count). The molecule has 0 unspecified atom stereocenters. The third kappa shape index (κ3) is 2.54. The largest absolute Gasteiger partial charge is 0.473 e. The highest BCUT2D eigenvalue weighted by Gasteiger charge is 2.30. The molecule has 27 heavy (non-hydrogen) atoms. The monoisotopic (exact) mass is 385 g/mol. The van der Waals surface area contributed by atoms with Crippen molar-refractivity contribution in [3.63, 3.8) is 0 Å². The summed E-state index contributed by atoms with van der Waals surface area (Å²) in [6, 6.07) is 5.63. The van der Waals surface area contributed by atoms with Gasteiger partial charge in [0.05, 0.1) is 29.4 Å². The molecular weight excluding hydrogens is 370 g/mol. The summed E-state index contributed by atoms with van der Waals surface area (Å²) in [4.78, 5) is 8.90. The first-order valence-electron chi connectivity index (χ1n) is 8.41. The van der Waals surface area contributed by atoms with Crippen LogP contribution in [-0.2, 0) is 22.5 Å². The summed E-state index contributed by atoms with van der Waals surface area (Å²) in [6.45, 7) is 0.708. The summed E-state index contributed by atoms with van der Waals surface area (Å²) in [6.07, 6.45) is 1.92. The van der Waals surface area contributed by atoms with Gasteiger partial charge in [-0.2, -0.15) is 0 Å². The Labute approximate surface area is 159 Å². The molecule has 1 atom stereocenters. The molecule has 0 radical (unpaired) electrons. The van der Waals surface area contributed by atoms with Gasteiger partial charge >= 0.3 is 0 Å². The third-order valence-corrected chi connectivity index (χ3v) is 4.86. The number of hydrogen-bond acceptors (Lipinski definition) is 7. The van der Waals surface area contributed by atoms with Crippen molar-refractivity contribution in [2.24, 2.45) is 10.7 Å². The molecule has 2 N–H and O–H groups in total. The van der Waals surface area contributed by atoms with E-state index in [4.69, 9.17) is 26.8 Å². The van der Waals surface area contributed by atoms with E-state index in [2.05, 4.69) is 20.3 Å². The minimum absolute atomic E-state index is 0.349. The molecule has 9 nitrogen and oxygen atoms in total. The average Bonchev–Trinajstić information content (AvgIpc) is 3.34. The lowest BCUT2D eigenvalue weighted by Gasteiger charge is -2.10. The molecule has 0 amide bonds. The van der Waals surface area contributed by atoms with Gasteiger partial charge in [-0.25, -0.2) is 14.7 Å². The van der Waals surface area contributed by atoms with Crippen LogP contribution in [-0.4, -0.2) is 50.3 Å².